The van der Waals surface area contributed by atoms with Gasteiger partial charge in [0.25, 0.3) is 5.91 Å². The Labute approximate surface area is 178 Å². The molecule has 8 heteroatoms. The van der Waals surface area contributed by atoms with Gasteiger partial charge >= 0.3 is 0 Å². The van der Waals surface area contributed by atoms with E-state index in [1.54, 1.807) is 28.8 Å². The number of rotatable bonds is 3. The van der Waals surface area contributed by atoms with Crippen molar-refractivity contribution in [1.29, 1.82) is 5.26 Å². The molecule has 4 rings (SSSR count). The van der Waals surface area contributed by atoms with E-state index < -0.39 is 0 Å². The van der Waals surface area contributed by atoms with Crippen LogP contribution in [0.5, 0.6) is 0 Å². The summed E-state index contributed by atoms with van der Waals surface area (Å²) in [6.07, 6.45) is 0. The number of hydrogen-bond donors (Lipinski definition) is 1. The normalized spacial score (nSPS) is 19.7. The second-order valence-corrected chi connectivity index (χ2v) is 8.41. The zero-order chi connectivity index (χ0) is 20.5. The molecule has 0 bridgehead atoms. The molecule has 0 radical (unpaired) electrons. The van der Waals surface area contributed by atoms with Crippen LogP contribution in [-0.4, -0.2) is 36.6 Å². The van der Waals surface area contributed by atoms with Gasteiger partial charge in [0.15, 0.2) is 5.17 Å². The van der Waals surface area contributed by atoms with Crippen molar-refractivity contribution in [3.05, 3.63) is 58.0 Å². The number of para-hydroxylation sites is 1. The fourth-order valence-electron chi connectivity index (χ4n) is 3.21. The molecule has 2 heterocycles. The molecular weight excluding hydrogens is 402 g/mol. The number of carbonyl (C=O) groups is 1. The summed E-state index contributed by atoms with van der Waals surface area (Å²) in [5, 5.41) is 13.9. The van der Waals surface area contributed by atoms with Gasteiger partial charge in [-0.3, -0.25) is 9.69 Å². The number of amidine groups is 1. The van der Waals surface area contributed by atoms with Crippen LogP contribution in [0.15, 0.2) is 62.3 Å². The van der Waals surface area contributed by atoms with Crippen LogP contribution in [-0.2, 0) is 4.79 Å². The van der Waals surface area contributed by atoms with Crippen LogP contribution in [0.25, 0.3) is 0 Å². The van der Waals surface area contributed by atoms with Crippen molar-refractivity contribution >= 4 is 51.7 Å². The average molecular weight is 422 g/mol. The molecule has 2 aliphatic rings. The maximum absolute atomic E-state index is 13.2. The van der Waals surface area contributed by atoms with E-state index in [-0.39, 0.29) is 5.91 Å². The molecule has 0 unspecified atom stereocenters. The van der Waals surface area contributed by atoms with Gasteiger partial charge in [-0.25, -0.2) is 4.99 Å². The molecule has 2 aromatic rings. The molecule has 0 atom stereocenters. The van der Waals surface area contributed by atoms with E-state index >= 15 is 0 Å². The highest BCUT2D eigenvalue weighted by atomic mass is 32.2. The SMILES string of the molecule is CCN1C(=O)/C(=C2/Sc3ccccc3N2C)SC1=Nc1cc(C#N)ccc1NC. The lowest BCUT2D eigenvalue weighted by Crippen LogP contribution is -2.29. The van der Waals surface area contributed by atoms with Gasteiger partial charge in [0.1, 0.15) is 4.91 Å². The molecule has 2 aliphatic heterocycles. The van der Waals surface area contributed by atoms with Gasteiger partial charge in [-0.1, -0.05) is 23.9 Å². The summed E-state index contributed by atoms with van der Waals surface area (Å²) < 4.78 is 0. The van der Waals surface area contributed by atoms with Gasteiger partial charge in [-0.15, -0.1) is 0 Å². The second-order valence-electron chi connectivity index (χ2n) is 6.40. The summed E-state index contributed by atoms with van der Waals surface area (Å²) >= 11 is 2.99. The number of benzene rings is 2. The fraction of sp³-hybridized carbons (Fsp3) is 0.190. The number of anilines is 2. The molecule has 0 aromatic heterocycles. The Morgan fingerprint density at radius 1 is 1.21 bits per heavy atom. The summed E-state index contributed by atoms with van der Waals surface area (Å²) in [5.74, 6) is -0.0409. The molecule has 6 nitrogen and oxygen atoms in total. The van der Waals surface area contributed by atoms with Crippen molar-refractivity contribution in [2.45, 2.75) is 11.8 Å². The van der Waals surface area contributed by atoms with Crippen molar-refractivity contribution < 1.29 is 4.79 Å². The third kappa shape index (κ3) is 3.37. The number of hydrogen-bond acceptors (Lipinski definition) is 7. The largest absolute Gasteiger partial charge is 0.386 e. The van der Waals surface area contributed by atoms with E-state index in [0.29, 0.717) is 27.9 Å². The standard InChI is InChI=1S/C21H19N5OS2/c1-4-26-19(27)18(20-25(3)16-7-5-6-8-17(16)28-20)29-21(26)24-15-11-13(12-22)9-10-14(15)23-2/h5-11,23H,4H2,1-3H3/b20-18-,24-21?. The minimum atomic E-state index is -0.0409. The lowest BCUT2D eigenvalue weighted by atomic mass is 10.2. The van der Waals surface area contributed by atoms with Gasteiger partial charge in [0.05, 0.1) is 33.7 Å². The van der Waals surface area contributed by atoms with Gasteiger partial charge in [-0.2, -0.15) is 5.26 Å². The third-order valence-corrected chi connectivity index (χ3v) is 7.16. The number of fused-ring (bicyclic) bond motifs is 1. The van der Waals surface area contributed by atoms with Gasteiger partial charge < -0.3 is 10.2 Å². The molecule has 1 amide bonds. The maximum Gasteiger partial charge on any atom is 0.269 e. The number of nitrogens with zero attached hydrogens (tertiary/aromatic N) is 4. The summed E-state index contributed by atoms with van der Waals surface area (Å²) in [4.78, 5) is 23.5. The summed E-state index contributed by atoms with van der Waals surface area (Å²) in [7, 11) is 3.79. The average Bonchev–Trinajstić information content (AvgIpc) is 3.24. The smallest absolute Gasteiger partial charge is 0.269 e. The third-order valence-electron chi connectivity index (χ3n) is 4.72. The zero-order valence-corrected chi connectivity index (χ0v) is 17.9. The van der Waals surface area contributed by atoms with Crippen molar-refractivity contribution in [1.82, 2.24) is 4.90 Å². The molecule has 0 saturated carbocycles. The molecule has 0 spiro atoms. The zero-order valence-electron chi connectivity index (χ0n) is 16.3. The predicted molar refractivity (Wildman–Crippen MR) is 121 cm³/mol. The van der Waals surface area contributed by atoms with Crippen LogP contribution < -0.4 is 10.2 Å². The highest BCUT2D eigenvalue weighted by molar-refractivity contribution is 8.19. The van der Waals surface area contributed by atoms with Crippen LogP contribution in [0.2, 0.25) is 0 Å². The van der Waals surface area contributed by atoms with E-state index in [2.05, 4.69) is 28.4 Å². The van der Waals surface area contributed by atoms with E-state index in [0.717, 1.165) is 21.3 Å². The Hall–Kier alpha value is -2.89. The number of aliphatic imine (C=N–C) groups is 1. The van der Waals surface area contributed by atoms with Crippen LogP contribution >= 0.6 is 23.5 Å². The molecule has 1 N–H and O–H groups in total. The van der Waals surface area contributed by atoms with E-state index in [4.69, 9.17) is 4.99 Å². The van der Waals surface area contributed by atoms with Gasteiger partial charge in [0.2, 0.25) is 0 Å². The van der Waals surface area contributed by atoms with Gasteiger partial charge in [-0.05, 0) is 49.0 Å². The lowest BCUT2D eigenvalue weighted by Gasteiger charge is -2.15. The van der Waals surface area contributed by atoms with Crippen molar-refractivity contribution in [2.75, 3.05) is 30.9 Å². The number of likely N-dealkylation sites (N-methyl/N-ethyl adjacent to an activating group) is 1. The number of thioether (sulfide) groups is 2. The predicted octanol–water partition coefficient (Wildman–Crippen LogP) is 4.59. The van der Waals surface area contributed by atoms with Crippen molar-refractivity contribution in [3.63, 3.8) is 0 Å². The minimum absolute atomic E-state index is 0.0409. The molecular formula is C21H19N5OS2. The Bertz CT molecular complexity index is 1100. The molecule has 1 fully saturated rings. The Balaban J connectivity index is 1.76. The molecule has 2 aromatic carbocycles. The molecule has 0 aliphatic carbocycles. The first-order chi connectivity index (χ1) is 14.1. The number of nitriles is 1. The van der Waals surface area contributed by atoms with E-state index in [1.165, 1.54) is 11.8 Å². The van der Waals surface area contributed by atoms with Crippen molar-refractivity contribution in [3.8, 4) is 6.07 Å². The number of amides is 1. The quantitative estimate of drug-likeness (QED) is 0.731. The Kier molecular flexibility index (Phi) is 5.26. The summed E-state index contributed by atoms with van der Waals surface area (Å²) in [6.45, 7) is 2.46. The number of nitrogens with one attached hydrogen (secondary N) is 1. The number of carbonyl (C=O) groups excluding carboxylic acids is 1. The second kappa shape index (κ2) is 7.85. The monoisotopic (exact) mass is 421 g/mol. The van der Waals surface area contributed by atoms with Crippen LogP contribution in [0, 0.1) is 11.3 Å². The Morgan fingerprint density at radius 2 is 2.00 bits per heavy atom. The highest BCUT2D eigenvalue weighted by Gasteiger charge is 2.38. The van der Waals surface area contributed by atoms with Crippen molar-refractivity contribution in [2.24, 2.45) is 4.99 Å². The summed E-state index contributed by atoms with van der Waals surface area (Å²) in [6, 6.07) is 15.6. The first kappa shape index (κ1) is 19.4. The Morgan fingerprint density at radius 3 is 2.69 bits per heavy atom. The van der Waals surface area contributed by atoms with Crippen LogP contribution in [0.4, 0.5) is 17.1 Å². The van der Waals surface area contributed by atoms with Gasteiger partial charge in [0, 0.05) is 25.5 Å². The van der Waals surface area contributed by atoms with E-state index in [9.17, 15) is 10.1 Å². The minimum Gasteiger partial charge on any atom is -0.386 e. The van der Waals surface area contributed by atoms with E-state index in [1.807, 2.05) is 39.2 Å². The fourth-order valence-corrected chi connectivity index (χ4v) is 5.61. The molecule has 29 heavy (non-hydrogen) atoms. The molecule has 1 saturated heterocycles. The topological polar surface area (TPSA) is 71.7 Å². The highest BCUT2D eigenvalue weighted by Crippen LogP contribution is 2.50. The molecule has 146 valence electrons. The first-order valence-electron chi connectivity index (χ1n) is 9.12. The maximum atomic E-state index is 13.2. The van der Waals surface area contributed by atoms with Crippen LogP contribution in [0.1, 0.15) is 12.5 Å². The van der Waals surface area contributed by atoms with Crippen LogP contribution in [0.3, 0.4) is 0 Å². The first-order valence-corrected chi connectivity index (χ1v) is 10.8. The summed E-state index contributed by atoms with van der Waals surface area (Å²) in [5.41, 5.74) is 3.07. The lowest BCUT2D eigenvalue weighted by molar-refractivity contribution is -0.122.